The highest BCUT2D eigenvalue weighted by Crippen LogP contribution is 2.44. The Morgan fingerprint density at radius 1 is 0.973 bits per heavy atom. The first-order valence-corrected chi connectivity index (χ1v) is 11.2. The molecule has 37 heavy (non-hydrogen) atoms. The van der Waals surface area contributed by atoms with Crippen LogP contribution >= 0.6 is 13.5 Å². The summed E-state index contributed by atoms with van der Waals surface area (Å²) in [4.78, 5) is 27.2. The normalized spacial score (nSPS) is 13.4. The summed E-state index contributed by atoms with van der Waals surface area (Å²) < 4.78 is 46.0. The molecule has 1 atom stereocenters. The van der Waals surface area contributed by atoms with Crippen LogP contribution in [0.25, 0.3) is 22.0 Å². The summed E-state index contributed by atoms with van der Waals surface area (Å²) in [6.07, 6.45) is -4.60. The minimum atomic E-state index is -4.62. The Labute approximate surface area is 216 Å². The minimum absolute atomic E-state index is 0. The van der Waals surface area contributed by atoms with Gasteiger partial charge in [-0.15, -0.1) is 0 Å². The second kappa shape index (κ2) is 10.2. The average molecular weight is 529 g/mol. The number of aromatic nitrogens is 1. The zero-order valence-electron chi connectivity index (χ0n) is 19.3. The molecular formula is C27H23F3N2O4S. The van der Waals surface area contributed by atoms with E-state index in [-0.39, 0.29) is 48.9 Å². The van der Waals surface area contributed by atoms with E-state index in [1.165, 1.54) is 18.3 Å². The summed E-state index contributed by atoms with van der Waals surface area (Å²) in [5.41, 5.74) is 3.58. The Balaban J connectivity index is 0.00000320. The standard InChI is InChI=1S/C27H21F3N2O4.H2S/c28-27(29,30)21-10-5-11-22-24(21)15(13-31-22)12-23(25(33)34)32-26(35)36-14-20-18-8-3-1-6-16(18)17-7-2-4-9-19(17)20;/h1-11,13,20,23,31H,12,14H2,(H,32,35)(H,33,34);1H2/t23-;/m0./s1. The van der Waals surface area contributed by atoms with Gasteiger partial charge in [-0.2, -0.15) is 26.7 Å². The molecule has 0 bridgehead atoms. The number of fused-ring (bicyclic) bond motifs is 4. The molecule has 1 aromatic heterocycles. The number of amides is 1. The molecule has 5 rings (SSSR count). The summed E-state index contributed by atoms with van der Waals surface area (Å²) in [6, 6.07) is 17.7. The lowest BCUT2D eigenvalue weighted by molar-refractivity contribution is -0.139. The molecule has 6 nitrogen and oxygen atoms in total. The topological polar surface area (TPSA) is 91.4 Å². The van der Waals surface area contributed by atoms with Crippen molar-refractivity contribution in [3.63, 3.8) is 0 Å². The van der Waals surface area contributed by atoms with E-state index in [1.54, 1.807) is 0 Å². The molecule has 0 aliphatic heterocycles. The van der Waals surface area contributed by atoms with Crippen molar-refractivity contribution in [2.45, 2.75) is 24.6 Å². The summed E-state index contributed by atoms with van der Waals surface area (Å²) in [7, 11) is 0. The van der Waals surface area contributed by atoms with Gasteiger partial charge in [0.1, 0.15) is 12.6 Å². The molecule has 4 aromatic rings. The highest BCUT2D eigenvalue weighted by atomic mass is 32.1. The summed E-state index contributed by atoms with van der Waals surface area (Å²) in [6.45, 7) is -0.0164. The predicted molar refractivity (Wildman–Crippen MR) is 137 cm³/mol. The van der Waals surface area contributed by atoms with E-state index in [4.69, 9.17) is 4.74 Å². The monoisotopic (exact) mass is 528 g/mol. The fourth-order valence-electron chi connectivity index (χ4n) is 4.86. The van der Waals surface area contributed by atoms with Crippen LogP contribution in [0.3, 0.4) is 0 Å². The van der Waals surface area contributed by atoms with Crippen LogP contribution in [-0.4, -0.2) is 34.8 Å². The molecule has 10 heteroatoms. The minimum Gasteiger partial charge on any atom is -0.480 e. The molecule has 192 valence electrons. The second-order valence-corrected chi connectivity index (χ2v) is 8.60. The highest BCUT2D eigenvalue weighted by Gasteiger charge is 2.35. The Kier molecular flexibility index (Phi) is 7.22. The number of carbonyl (C=O) groups is 2. The van der Waals surface area contributed by atoms with Gasteiger partial charge in [0.05, 0.1) is 5.56 Å². The van der Waals surface area contributed by atoms with Gasteiger partial charge in [-0.05, 0) is 39.9 Å². The molecule has 1 aliphatic rings. The van der Waals surface area contributed by atoms with Crippen LogP contribution in [0.2, 0.25) is 0 Å². The van der Waals surface area contributed by atoms with E-state index >= 15 is 0 Å². The quantitative estimate of drug-likeness (QED) is 0.294. The van der Waals surface area contributed by atoms with Crippen LogP contribution in [0.4, 0.5) is 18.0 Å². The summed E-state index contributed by atoms with van der Waals surface area (Å²) in [5.74, 6) is -1.60. The summed E-state index contributed by atoms with van der Waals surface area (Å²) >= 11 is 0. The number of nitrogens with one attached hydrogen (secondary N) is 2. The fraction of sp³-hybridized carbons (Fsp3) is 0.185. The number of benzene rings is 3. The molecule has 1 aliphatic carbocycles. The number of carboxylic acid groups (broad SMARTS) is 1. The van der Waals surface area contributed by atoms with Crippen LogP contribution in [0.5, 0.6) is 0 Å². The lowest BCUT2D eigenvalue weighted by atomic mass is 9.98. The predicted octanol–water partition coefficient (Wildman–Crippen LogP) is 5.83. The number of alkyl carbamates (subject to hydrolysis) is 1. The number of alkyl halides is 3. The SMILES string of the molecule is O=C(N[C@@H](Cc1c[nH]c2cccc(C(F)(F)F)c12)C(=O)O)OCC1c2ccccc2-c2ccccc21.S. The highest BCUT2D eigenvalue weighted by molar-refractivity contribution is 7.59. The van der Waals surface area contributed by atoms with E-state index in [0.717, 1.165) is 28.3 Å². The molecule has 1 heterocycles. The maximum absolute atomic E-state index is 13.5. The number of H-pyrrole nitrogens is 1. The van der Waals surface area contributed by atoms with Crippen LogP contribution in [-0.2, 0) is 22.1 Å². The molecule has 0 spiro atoms. The first kappa shape index (κ1) is 26.2. The number of hydrogen-bond donors (Lipinski definition) is 3. The molecule has 1 amide bonds. The molecule has 0 fully saturated rings. The van der Waals surface area contributed by atoms with Gasteiger partial charge >= 0.3 is 18.2 Å². The van der Waals surface area contributed by atoms with Gasteiger partial charge in [-0.3, -0.25) is 0 Å². The van der Waals surface area contributed by atoms with Crippen molar-refractivity contribution in [3.05, 3.63) is 95.2 Å². The Hall–Kier alpha value is -3.92. The summed E-state index contributed by atoms with van der Waals surface area (Å²) in [5, 5.41) is 11.8. The van der Waals surface area contributed by atoms with Crippen LogP contribution in [0.1, 0.15) is 28.2 Å². The molecule has 0 unspecified atom stereocenters. The van der Waals surface area contributed by atoms with Gasteiger partial charge in [0.15, 0.2) is 0 Å². The second-order valence-electron chi connectivity index (χ2n) is 8.60. The molecule has 0 saturated carbocycles. The molecular weight excluding hydrogens is 505 g/mol. The van der Waals surface area contributed by atoms with Gasteiger partial charge in [-0.1, -0.05) is 54.6 Å². The Morgan fingerprint density at radius 2 is 1.59 bits per heavy atom. The molecule has 0 radical (unpaired) electrons. The average Bonchev–Trinajstić information content (AvgIpc) is 3.40. The fourth-order valence-corrected chi connectivity index (χ4v) is 4.86. The molecule has 0 saturated heterocycles. The number of aliphatic carboxylic acids is 1. The zero-order valence-corrected chi connectivity index (χ0v) is 20.3. The van der Waals surface area contributed by atoms with Crippen molar-refractivity contribution in [3.8, 4) is 11.1 Å². The first-order valence-electron chi connectivity index (χ1n) is 11.2. The van der Waals surface area contributed by atoms with Crippen molar-refractivity contribution in [2.75, 3.05) is 6.61 Å². The van der Waals surface area contributed by atoms with Crippen LogP contribution < -0.4 is 5.32 Å². The van der Waals surface area contributed by atoms with Crippen LogP contribution in [0, 0.1) is 0 Å². The van der Waals surface area contributed by atoms with Crippen molar-refractivity contribution >= 4 is 36.5 Å². The van der Waals surface area contributed by atoms with Crippen molar-refractivity contribution < 1.29 is 32.6 Å². The number of carboxylic acids is 1. The largest absolute Gasteiger partial charge is 0.480 e. The van der Waals surface area contributed by atoms with E-state index in [0.29, 0.717) is 0 Å². The van der Waals surface area contributed by atoms with E-state index < -0.39 is 29.8 Å². The number of hydrogen-bond acceptors (Lipinski definition) is 3. The number of ether oxygens (including phenoxy) is 1. The zero-order chi connectivity index (χ0) is 25.4. The third kappa shape index (κ3) is 5.01. The van der Waals surface area contributed by atoms with E-state index in [1.807, 2.05) is 48.5 Å². The Morgan fingerprint density at radius 3 is 2.19 bits per heavy atom. The van der Waals surface area contributed by atoms with Crippen molar-refractivity contribution in [1.82, 2.24) is 10.3 Å². The third-order valence-corrected chi connectivity index (χ3v) is 6.45. The third-order valence-electron chi connectivity index (χ3n) is 6.45. The first-order chi connectivity index (χ1) is 17.2. The number of aromatic amines is 1. The van der Waals surface area contributed by atoms with Crippen molar-refractivity contribution in [2.24, 2.45) is 0 Å². The number of rotatable bonds is 6. The van der Waals surface area contributed by atoms with E-state index in [2.05, 4.69) is 10.3 Å². The lowest BCUT2D eigenvalue weighted by Gasteiger charge is -2.18. The smallest absolute Gasteiger partial charge is 0.417 e. The maximum Gasteiger partial charge on any atom is 0.417 e. The lowest BCUT2D eigenvalue weighted by Crippen LogP contribution is -2.42. The van der Waals surface area contributed by atoms with Crippen molar-refractivity contribution in [1.29, 1.82) is 0 Å². The molecule has 3 N–H and O–H groups in total. The van der Waals surface area contributed by atoms with Gasteiger partial charge in [-0.25, -0.2) is 9.59 Å². The van der Waals surface area contributed by atoms with Gasteiger partial charge in [0.25, 0.3) is 0 Å². The van der Waals surface area contributed by atoms with E-state index in [9.17, 15) is 27.9 Å². The number of halogens is 3. The molecule has 3 aromatic carbocycles. The van der Waals surface area contributed by atoms with Gasteiger partial charge < -0.3 is 20.1 Å². The van der Waals surface area contributed by atoms with Gasteiger partial charge in [0, 0.05) is 29.4 Å². The number of carbonyl (C=O) groups excluding carboxylic acids is 1. The van der Waals surface area contributed by atoms with Crippen LogP contribution in [0.15, 0.2) is 72.9 Å². The van der Waals surface area contributed by atoms with Gasteiger partial charge in [0.2, 0.25) is 0 Å². The maximum atomic E-state index is 13.5. The Bertz CT molecular complexity index is 1420.